The standard InChI is InChI=1S/C20H21Cl2N3O3/c1-4-9-25(11-13-10-14(21)7-8-15(13)27-2)19-16(22)17(20(26)28-3)23-18(24-19)12-5-6-12/h4,7-8,10,12H,1,5-6,9,11H2,2-3H3. The largest absolute Gasteiger partial charge is 0.496 e. The fraction of sp³-hybridized carbons (Fsp3) is 0.350. The minimum Gasteiger partial charge on any atom is -0.496 e. The third kappa shape index (κ3) is 4.39. The molecule has 1 aromatic carbocycles. The van der Waals surface area contributed by atoms with Gasteiger partial charge in [-0.1, -0.05) is 29.3 Å². The summed E-state index contributed by atoms with van der Waals surface area (Å²) in [5, 5.41) is 0.746. The van der Waals surface area contributed by atoms with E-state index in [0.29, 0.717) is 35.5 Å². The summed E-state index contributed by atoms with van der Waals surface area (Å²) in [5.41, 5.74) is 0.933. The number of hydrogen-bond acceptors (Lipinski definition) is 6. The normalized spacial score (nSPS) is 13.1. The maximum absolute atomic E-state index is 12.2. The molecule has 0 radical (unpaired) electrons. The number of methoxy groups -OCH3 is 2. The summed E-state index contributed by atoms with van der Waals surface area (Å²) in [6.45, 7) is 4.69. The molecule has 8 heteroatoms. The van der Waals surface area contributed by atoms with Crippen LogP contribution in [0.4, 0.5) is 5.82 Å². The Labute approximate surface area is 174 Å². The molecule has 28 heavy (non-hydrogen) atoms. The van der Waals surface area contributed by atoms with Crippen molar-refractivity contribution in [1.29, 1.82) is 0 Å². The van der Waals surface area contributed by atoms with Crippen LogP contribution in [-0.4, -0.2) is 36.7 Å². The minimum atomic E-state index is -0.588. The van der Waals surface area contributed by atoms with Crippen LogP contribution < -0.4 is 9.64 Å². The predicted octanol–water partition coefficient (Wildman–Crippen LogP) is 4.65. The molecule has 0 amide bonds. The van der Waals surface area contributed by atoms with E-state index in [0.717, 1.165) is 18.4 Å². The van der Waals surface area contributed by atoms with Gasteiger partial charge in [-0.15, -0.1) is 6.58 Å². The summed E-state index contributed by atoms with van der Waals surface area (Å²) < 4.78 is 10.3. The molecule has 1 aromatic heterocycles. The number of halogens is 2. The van der Waals surface area contributed by atoms with Gasteiger partial charge in [-0.3, -0.25) is 0 Å². The number of ether oxygens (including phenoxy) is 2. The molecule has 1 aliphatic rings. The summed E-state index contributed by atoms with van der Waals surface area (Å²) in [7, 11) is 2.90. The SMILES string of the molecule is C=CCN(Cc1cc(Cl)ccc1OC)c1nc(C2CC2)nc(C(=O)OC)c1Cl. The summed E-state index contributed by atoms with van der Waals surface area (Å²) in [4.78, 5) is 23.1. The van der Waals surface area contributed by atoms with Crippen molar-refractivity contribution >= 4 is 35.0 Å². The molecule has 0 atom stereocenters. The molecular formula is C20H21Cl2N3O3. The zero-order valence-corrected chi connectivity index (χ0v) is 17.3. The Bertz CT molecular complexity index is 901. The topological polar surface area (TPSA) is 64.5 Å². The summed E-state index contributed by atoms with van der Waals surface area (Å²) >= 11 is 12.7. The lowest BCUT2D eigenvalue weighted by molar-refractivity contribution is 0.0593. The third-order valence-electron chi connectivity index (χ3n) is 4.42. The molecule has 0 bridgehead atoms. The van der Waals surface area contributed by atoms with Crippen molar-refractivity contribution in [3.05, 3.63) is 58.0 Å². The molecule has 0 N–H and O–H groups in total. The first-order valence-corrected chi connectivity index (χ1v) is 9.58. The van der Waals surface area contributed by atoms with Crippen LogP contribution in [0.15, 0.2) is 30.9 Å². The van der Waals surface area contributed by atoms with Crippen LogP contribution in [0.2, 0.25) is 10.0 Å². The average molecular weight is 422 g/mol. The molecule has 1 saturated carbocycles. The number of anilines is 1. The molecule has 1 heterocycles. The van der Waals surface area contributed by atoms with Crippen LogP contribution in [-0.2, 0) is 11.3 Å². The highest BCUT2D eigenvalue weighted by molar-refractivity contribution is 6.35. The highest BCUT2D eigenvalue weighted by Crippen LogP contribution is 2.40. The van der Waals surface area contributed by atoms with Crippen molar-refractivity contribution in [2.24, 2.45) is 0 Å². The van der Waals surface area contributed by atoms with Crippen molar-refractivity contribution in [3.8, 4) is 5.75 Å². The lowest BCUT2D eigenvalue weighted by Crippen LogP contribution is -2.26. The molecule has 6 nitrogen and oxygen atoms in total. The molecule has 0 spiro atoms. The van der Waals surface area contributed by atoms with Gasteiger partial charge in [0.15, 0.2) is 11.5 Å². The van der Waals surface area contributed by atoms with E-state index in [4.69, 9.17) is 32.7 Å². The number of hydrogen-bond donors (Lipinski definition) is 0. The van der Waals surface area contributed by atoms with E-state index in [2.05, 4.69) is 16.5 Å². The molecule has 3 rings (SSSR count). The van der Waals surface area contributed by atoms with Gasteiger partial charge in [0.2, 0.25) is 0 Å². The van der Waals surface area contributed by atoms with Gasteiger partial charge in [-0.05, 0) is 31.0 Å². The van der Waals surface area contributed by atoms with Crippen molar-refractivity contribution in [1.82, 2.24) is 9.97 Å². The molecule has 2 aromatic rings. The molecular weight excluding hydrogens is 401 g/mol. The quantitative estimate of drug-likeness (QED) is 0.456. The van der Waals surface area contributed by atoms with Crippen molar-refractivity contribution in [3.63, 3.8) is 0 Å². The summed E-state index contributed by atoms with van der Waals surface area (Å²) in [6, 6.07) is 5.40. The van der Waals surface area contributed by atoms with Gasteiger partial charge >= 0.3 is 5.97 Å². The maximum Gasteiger partial charge on any atom is 0.358 e. The second-order valence-electron chi connectivity index (χ2n) is 6.46. The number of carbonyl (C=O) groups is 1. The number of carbonyl (C=O) groups excluding carboxylic acids is 1. The Balaban J connectivity index is 2.06. The third-order valence-corrected chi connectivity index (χ3v) is 5.01. The molecule has 0 unspecified atom stereocenters. The van der Waals surface area contributed by atoms with Crippen molar-refractivity contribution < 1.29 is 14.3 Å². The van der Waals surface area contributed by atoms with Crippen LogP contribution >= 0.6 is 23.2 Å². The van der Waals surface area contributed by atoms with Crippen LogP contribution in [0.3, 0.4) is 0 Å². The van der Waals surface area contributed by atoms with Gasteiger partial charge in [-0.2, -0.15) is 0 Å². The fourth-order valence-electron chi connectivity index (χ4n) is 2.88. The lowest BCUT2D eigenvalue weighted by Gasteiger charge is -2.25. The molecule has 0 saturated heterocycles. The zero-order valence-electron chi connectivity index (χ0n) is 15.7. The second-order valence-corrected chi connectivity index (χ2v) is 7.27. The Morgan fingerprint density at radius 1 is 1.32 bits per heavy atom. The lowest BCUT2D eigenvalue weighted by atomic mass is 10.1. The van der Waals surface area contributed by atoms with Gasteiger partial charge in [0.05, 0.1) is 14.2 Å². The van der Waals surface area contributed by atoms with Gasteiger partial charge in [0, 0.05) is 29.6 Å². The highest BCUT2D eigenvalue weighted by Gasteiger charge is 2.31. The number of rotatable bonds is 8. The highest BCUT2D eigenvalue weighted by atomic mass is 35.5. The van der Waals surface area contributed by atoms with Crippen molar-refractivity contribution in [2.45, 2.75) is 25.3 Å². The van der Waals surface area contributed by atoms with Gasteiger partial charge in [-0.25, -0.2) is 14.8 Å². The van der Waals surface area contributed by atoms with Crippen LogP contribution in [0, 0.1) is 0 Å². The van der Waals surface area contributed by atoms with E-state index in [1.807, 2.05) is 11.0 Å². The smallest absolute Gasteiger partial charge is 0.358 e. The first-order chi connectivity index (χ1) is 13.5. The predicted molar refractivity (Wildman–Crippen MR) is 110 cm³/mol. The number of benzene rings is 1. The van der Waals surface area contributed by atoms with Gasteiger partial charge < -0.3 is 14.4 Å². The Morgan fingerprint density at radius 2 is 2.07 bits per heavy atom. The number of esters is 1. The monoisotopic (exact) mass is 421 g/mol. The van der Waals surface area contributed by atoms with Crippen molar-refractivity contribution in [2.75, 3.05) is 25.7 Å². The Hall–Kier alpha value is -2.31. The maximum atomic E-state index is 12.2. The zero-order chi connectivity index (χ0) is 20.3. The second kappa shape index (κ2) is 8.80. The Kier molecular flexibility index (Phi) is 6.42. The number of aromatic nitrogens is 2. The van der Waals surface area contributed by atoms with E-state index in [9.17, 15) is 4.79 Å². The van der Waals surface area contributed by atoms with Gasteiger partial charge in [0.25, 0.3) is 0 Å². The molecule has 148 valence electrons. The van der Waals surface area contributed by atoms with E-state index in [-0.39, 0.29) is 16.6 Å². The fourth-order valence-corrected chi connectivity index (χ4v) is 3.35. The van der Waals surface area contributed by atoms with Crippen LogP contribution in [0.5, 0.6) is 5.75 Å². The first kappa shape index (κ1) is 20.4. The minimum absolute atomic E-state index is 0.0724. The first-order valence-electron chi connectivity index (χ1n) is 8.82. The van der Waals surface area contributed by atoms with Gasteiger partial charge in [0.1, 0.15) is 16.6 Å². The molecule has 1 fully saturated rings. The van der Waals surface area contributed by atoms with E-state index < -0.39 is 5.97 Å². The Morgan fingerprint density at radius 3 is 2.68 bits per heavy atom. The summed E-state index contributed by atoms with van der Waals surface area (Å²) in [6.07, 6.45) is 3.72. The van der Waals surface area contributed by atoms with E-state index >= 15 is 0 Å². The molecule has 1 aliphatic carbocycles. The summed E-state index contributed by atoms with van der Waals surface area (Å²) in [5.74, 6) is 1.41. The van der Waals surface area contributed by atoms with E-state index in [1.54, 1.807) is 25.3 Å². The molecule has 0 aliphatic heterocycles. The average Bonchev–Trinajstić information content (AvgIpc) is 3.53. The van der Waals surface area contributed by atoms with Crippen LogP contribution in [0.1, 0.15) is 40.6 Å². The van der Waals surface area contributed by atoms with Crippen LogP contribution in [0.25, 0.3) is 0 Å². The van der Waals surface area contributed by atoms with E-state index in [1.165, 1.54) is 7.11 Å². The number of nitrogens with zero attached hydrogens (tertiary/aromatic N) is 3.